The van der Waals surface area contributed by atoms with E-state index in [0.29, 0.717) is 5.41 Å². The van der Waals surface area contributed by atoms with Gasteiger partial charge in [0.15, 0.2) is 0 Å². The summed E-state index contributed by atoms with van der Waals surface area (Å²) in [5.74, 6) is 0. The third-order valence-electron chi connectivity index (χ3n) is 3.35. The molecule has 13 heavy (non-hydrogen) atoms. The van der Waals surface area contributed by atoms with Gasteiger partial charge in [0.05, 0.1) is 0 Å². The highest BCUT2D eigenvalue weighted by Crippen LogP contribution is 2.40. The first-order valence-electron chi connectivity index (χ1n) is 5.61. The number of nitrogens with zero attached hydrogens (tertiary/aromatic N) is 1. The van der Waals surface area contributed by atoms with Crippen molar-refractivity contribution in [3.05, 3.63) is 0 Å². The molecule has 2 nitrogen and oxygen atoms in total. The average molecular weight is 184 g/mol. The molecule has 0 spiro atoms. The van der Waals surface area contributed by atoms with Crippen LogP contribution in [0.4, 0.5) is 0 Å². The topological polar surface area (TPSA) is 29.3 Å². The van der Waals surface area contributed by atoms with Crippen molar-refractivity contribution in [2.45, 2.75) is 39.0 Å². The number of nitrogens with two attached hydrogens (primary N) is 1. The molecule has 78 valence electrons. The zero-order valence-corrected chi connectivity index (χ0v) is 9.18. The molecule has 0 aromatic heterocycles. The maximum atomic E-state index is 5.82. The van der Waals surface area contributed by atoms with E-state index in [0.717, 1.165) is 6.54 Å². The largest absolute Gasteiger partial charge is 0.330 e. The van der Waals surface area contributed by atoms with Crippen molar-refractivity contribution in [3.8, 4) is 0 Å². The van der Waals surface area contributed by atoms with E-state index in [9.17, 15) is 0 Å². The summed E-state index contributed by atoms with van der Waals surface area (Å²) in [5.41, 5.74) is 6.31. The fourth-order valence-electron chi connectivity index (χ4n) is 2.18. The lowest BCUT2D eigenvalue weighted by atomic mass is 9.68. The molecule has 0 amide bonds. The van der Waals surface area contributed by atoms with Crippen molar-refractivity contribution in [2.24, 2.45) is 11.1 Å². The summed E-state index contributed by atoms with van der Waals surface area (Å²) in [6, 6.07) is 0. The van der Waals surface area contributed by atoms with Gasteiger partial charge in [-0.05, 0) is 44.8 Å². The van der Waals surface area contributed by atoms with Crippen molar-refractivity contribution in [2.75, 3.05) is 26.7 Å². The molecule has 0 bridgehead atoms. The molecule has 0 atom stereocenters. The van der Waals surface area contributed by atoms with E-state index < -0.39 is 0 Å². The van der Waals surface area contributed by atoms with E-state index in [4.69, 9.17) is 5.73 Å². The van der Waals surface area contributed by atoms with Gasteiger partial charge in [0.1, 0.15) is 0 Å². The van der Waals surface area contributed by atoms with Gasteiger partial charge in [-0.1, -0.05) is 19.8 Å². The molecule has 1 fully saturated rings. The average Bonchev–Trinajstić information content (AvgIpc) is 2.08. The Kier molecular flexibility index (Phi) is 4.20. The van der Waals surface area contributed by atoms with Gasteiger partial charge < -0.3 is 10.6 Å². The maximum absolute atomic E-state index is 5.82. The van der Waals surface area contributed by atoms with Crippen molar-refractivity contribution in [1.82, 2.24) is 4.90 Å². The third kappa shape index (κ3) is 2.96. The summed E-state index contributed by atoms with van der Waals surface area (Å²) < 4.78 is 0. The molecule has 2 heteroatoms. The summed E-state index contributed by atoms with van der Waals surface area (Å²) >= 11 is 0. The quantitative estimate of drug-likeness (QED) is 0.682. The van der Waals surface area contributed by atoms with Crippen LogP contribution in [0.25, 0.3) is 0 Å². The molecular formula is C11H24N2. The molecule has 0 unspecified atom stereocenters. The first-order valence-corrected chi connectivity index (χ1v) is 5.61. The second-order valence-corrected chi connectivity index (χ2v) is 4.65. The van der Waals surface area contributed by atoms with E-state index in [2.05, 4.69) is 18.9 Å². The minimum absolute atomic E-state index is 0.489. The molecule has 1 saturated carbocycles. The predicted octanol–water partition coefficient (Wildman–Crippen LogP) is 1.85. The van der Waals surface area contributed by atoms with E-state index in [1.807, 2.05) is 0 Å². The fraction of sp³-hybridized carbons (Fsp3) is 1.00. The molecule has 0 aromatic rings. The first kappa shape index (κ1) is 11.0. The van der Waals surface area contributed by atoms with E-state index in [1.54, 1.807) is 0 Å². The van der Waals surface area contributed by atoms with Crippen molar-refractivity contribution < 1.29 is 0 Å². The highest BCUT2D eigenvalue weighted by atomic mass is 15.1. The van der Waals surface area contributed by atoms with E-state index >= 15 is 0 Å². The molecule has 1 rings (SSSR count). The SMILES string of the molecule is CCCCN(C)CC1(CN)CCC1. The van der Waals surface area contributed by atoms with Crippen molar-refractivity contribution >= 4 is 0 Å². The van der Waals surface area contributed by atoms with Crippen molar-refractivity contribution in [1.29, 1.82) is 0 Å². The molecule has 0 aliphatic heterocycles. The predicted molar refractivity (Wildman–Crippen MR) is 57.7 cm³/mol. The highest BCUT2D eigenvalue weighted by Gasteiger charge is 2.36. The Hall–Kier alpha value is -0.0800. The van der Waals surface area contributed by atoms with Crippen LogP contribution in [0.5, 0.6) is 0 Å². The van der Waals surface area contributed by atoms with Gasteiger partial charge in [-0.2, -0.15) is 0 Å². The highest BCUT2D eigenvalue weighted by molar-refractivity contribution is 4.90. The van der Waals surface area contributed by atoms with Gasteiger partial charge in [-0.3, -0.25) is 0 Å². The zero-order valence-electron chi connectivity index (χ0n) is 9.18. The van der Waals surface area contributed by atoms with Crippen LogP contribution < -0.4 is 5.73 Å². The number of hydrogen-bond acceptors (Lipinski definition) is 2. The first-order chi connectivity index (χ1) is 6.22. The number of hydrogen-bond donors (Lipinski definition) is 1. The van der Waals surface area contributed by atoms with Crippen LogP contribution in [0.15, 0.2) is 0 Å². The molecule has 2 N–H and O–H groups in total. The van der Waals surface area contributed by atoms with Crippen LogP contribution in [0.3, 0.4) is 0 Å². The Balaban J connectivity index is 2.21. The Morgan fingerprint density at radius 2 is 2.08 bits per heavy atom. The lowest BCUT2D eigenvalue weighted by Crippen LogP contribution is -2.46. The smallest absolute Gasteiger partial charge is 0.00470 e. The minimum atomic E-state index is 0.489. The molecule has 0 heterocycles. The van der Waals surface area contributed by atoms with Gasteiger partial charge in [-0.25, -0.2) is 0 Å². The summed E-state index contributed by atoms with van der Waals surface area (Å²) in [6.45, 7) is 5.57. The molecule has 1 aliphatic carbocycles. The summed E-state index contributed by atoms with van der Waals surface area (Å²) in [6.07, 6.45) is 6.69. The maximum Gasteiger partial charge on any atom is 0.00470 e. The van der Waals surface area contributed by atoms with Crippen LogP contribution in [-0.4, -0.2) is 31.6 Å². The Labute approximate surface area is 82.5 Å². The van der Waals surface area contributed by atoms with Gasteiger partial charge in [0.25, 0.3) is 0 Å². The molecular weight excluding hydrogens is 160 g/mol. The number of unbranched alkanes of at least 4 members (excludes halogenated alkanes) is 1. The van der Waals surface area contributed by atoms with E-state index in [-0.39, 0.29) is 0 Å². The minimum Gasteiger partial charge on any atom is -0.330 e. The Morgan fingerprint density at radius 1 is 1.38 bits per heavy atom. The van der Waals surface area contributed by atoms with Crippen molar-refractivity contribution in [3.63, 3.8) is 0 Å². The summed E-state index contributed by atoms with van der Waals surface area (Å²) in [5, 5.41) is 0. The third-order valence-corrected chi connectivity index (χ3v) is 3.35. The fourth-order valence-corrected chi connectivity index (χ4v) is 2.18. The van der Waals surface area contributed by atoms with Crippen LogP contribution in [0.1, 0.15) is 39.0 Å². The summed E-state index contributed by atoms with van der Waals surface area (Å²) in [7, 11) is 2.23. The number of rotatable bonds is 6. The molecule has 0 saturated heterocycles. The van der Waals surface area contributed by atoms with Crippen LogP contribution in [0, 0.1) is 5.41 Å². The van der Waals surface area contributed by atoms with E-state index in [1.165, 1.54) is 45.2 Å². The molecule has 1 aliphatic rings. The Morgan fingerprint density at radius 3 is 2.46 bits per heavy atom. The van der Waals surface area contributed by atoms with Gasteiger partial charge in [0.2, 0.25) is 0 Å². The monoisotopic (exact) mass is 184 g/mol. The zero-order chi connectivity index (χ0) is 9.73. The van der Waals surface area contributed by atoms with Crippen LogP contribution in [0.2, 0.25) is 0 Å². The van der Waals surface area contributed by atoms with Crippen LogP contribution in [-0.2, 0) is 0 Å². The molecule has 0 radical (unpaired) electrons. The summed E-state index contributed by atoms with van der Waals surface area (Å²) in [4.78, 5) is 2.45. The Bertz CT molecular complexity index is 136. The lowest BCUT2D eigenvalue weighted by Gasteiger charge is -2.43. The molecule has 0 aromatic carbocycles. The van der Waals surface area contributed by atoms with Gasteiger partial charge in [0, 0.05) is 6.54 Å². The normalized spacial score (nSPS) is 20.3. The standard InChI is InChI=1S/C11H24N2/c1-3-4-8-13(2)10-11(9-12)6-5-7-11/h3-10,12H2,1-2H3. The lowest BCUT2D eigenvalue weighted by molar-refractivity contribution is 0.0871. The van der Waals surface area contributed by atoms with Crippen LogP contribution >= 0.6 is 0 Å². The van der Waals surface area contributed by atoms with Gasteiger partial charge >= 0.3 is 0 Å². The second kappa shape index (κ2) is 4.97. The van der Waals surface area contributed by atoms with Gasteiger partial charge in [-0.15, -0.1) is 0 Å². The second-order valence-electron chi connectivity index (χ2n) is 4.65.